The fraction of sp³-hybridized carbons (Fsp3) is 0.409. The van der Waals surface area contributed by atoms with Crippen LogP contribution in [0.1, 0.15) is 5.56 Å². The number of aryl methyl sites for hydroxylation is 1. The van der Waals surface area contributed by atoms with Gasteiger partial charge in [0, 0.05) is 81.9 Å². The molecule has 0 unspecified atom stereocenters. The van der Waals surface area contributed by atoms with Crippen LogP contribution in [-0.4, -0.2) is 75.6 Å². The van der Waals surface area contributed by atoms with Gasteiger partial charge in [-0.25, -0.2) is 9.97 Å². The molecular formula is C22H26N6O. The van der Waals surface area contributed by atoms with Crippen LogP contribution in [0, 0.1) is 0 Å². The average Bonchev–Trinajstić information content (AvgIpc) is 3.04. The fourth-order valence-corrected chi connectivity index (χ4v) is 4.47. The molecule has 0 radical (unpaired) electrons. The number of benzene rings is 1. The van der Waals surface area contributed by atoms with E-state index in [-0.39, 0.29) is 5.91 Å². The molecule has 0 aliphatic carbocycles. The molecule has 2 aliphatic heterocycles. The first-order valence-electron chi connectivity index (χ1n) is 10.3. The average molecular weight is 390 g/mol. The molecule has 3 aromatic rings. The summed E-state index contributed by atoms with van der Waals surface area (Å²) in [5.74, 6) is 1.04. The van der Waals surface area contributed by atoms with Crippen molar-refractivity contribution in [3.8, 4) is 0 Å². The van der Waals surface area contributed by atoms with Gasteiger partial charge in [-0.1, -0.05) is 18.2 Å². The molecule has 29 heavy (non-hydrogen) atoms. The van der Waals surface area contributed by atoms with Gasteiger partial charge in [0.05, 0.1) is 6.42 Å². The first-order valence-corrected chi connectivity index (χ1v) is 10.3. The van der Waals surface area contributed by atoms with Crippen molar-refractivity contribution in [3.05, 3.63) is 54.5 Å². The van der Waals surface area contributed by atoms with Crippen molar-refractivity contribution in [2.24, 2.45) is 7.05 Å². The summed E-state index contributed by atoms with van der Waals surface area (Å²) in [5.41, 5.74) is 2.30. The van der Waals surface area contributed by atoms with Crippen LogP contribution >= 0.6 is 0 Å². The van der Waals surface area contributed by atoms with Crippen molar-refractivity contribution >= 4 is 22.8 Å². The number of fused-ring (bicyclic) bond motifs is 1. The van der Waals surface area contributed by atoms with Crippen LogP contribution in [0.4, 0.5) is 5.95 Å². The Morgan fingerprint density at radius 2 is 1.76 bits per heavy atom. The van der Waals surface area contributed by atoms with Crippen LogP contribution < -0.4 is 4.90 Å². The number of rotatable bonds is 4. The summed E-state index contributed by atoms with van der Waals surface area (Å²) in [4.78, 5) is 28.2. The maximum Gasteiger partial charge on any atom is 0.227 e. The minimum atomic E-state index is 0.230. The number of nitrogens with zero attached hydrogens (tertiary/aromatic N) is 6. The van der Waals surface area contributed by atoms with Crippen molar-refractivity contribution < 1.29 is 4.79 Å². The van der Waals surface area contributed by atoms with Gasteiger partial charge < -0.3 is 14.4 Å². The molecule has 4 heterocycles. The fourth-order valence-electron chi connectivity index (χ4n) is 4.47. The molecule has 2 saturated heterocycles. The predicted molar refractivity (Wildman–Crippen MR) is 113 cm³/mol. The van der Waals surface area contributed by atoms with E-state index in [0.29, 0.717) is 12.5 Å². The highest BCUT2D eigenvalue weighted by molar-refractivity contribution is 5.89. The molecule has 2 aliphatic rings. The van der Waals surface area contributed by atoms with E-state index in [1.165, 1.54) is 10.9 Å². The van der Waals surface area contributed by atoms with Gasteiger partial charge in [-0.3, -0.25) is 9.69 Å². The number of carbonyl (C=O) groups is 1. The van der Waals surface area contributed by atoms with Crippen molar-refractivity contribution in [2.45, 2.75) is 12.5 Å². The van der Waals surface area contributed by atoms with Crippen molar-refractivity contribution in [2.75, 3.05) is 44.2 Å². The molecule has 7 heteroatoms. The highest BCUT2D eigenvalue weighted by Gasteiger charge is 2.36. The third-order valence-electron chi connectivity index (χ3n) is 6.20. The van der Waals surface area contributed by atoms with Gasteiger partial charge in [-0.15, -0.1) is 0 Å². The number of aromatic nitrogens is 3. The van der Waals surface area contributed by atoms with Gasteiger partial charge in [0.1, 0.15) is 0 Å². The monoisotopic (exact) mass is 390 g/mol. The molecule has 1 aromatic carbocycles. The van der Waals surface area contributed by atoms with E-state index in [1.54, 1.807) is 12.4 Å². The molecular weight excluding hydrogens is 364 g/mol. The van der Waals surface area contributed by atoms with Crippen molar-refractivity contribution in [3.63, 3.8) is 0 Å². The van der Waals surface area contributed by atoms with E-state index in [1.807, 2.05) is 30.1 Å². The Bertz CT molecular complexity index is 1000. The Hall–Kier alpha value is -2.93. The molecule has 0 spiro atoms. The number of amides is 1. The molecule has 150 valence electrons. The number of piperazine rings is 1. The maximum atomic E-state index is 12.8. The van der Waals surface area contributed by atoms with Gasteiger partial charge in [0.15, 0.2) is 0 Å². The van der Waals surface area contributed by atoms with Crippen molar-refractivity contribution in [1.29, 1.82) is 0 Å². The van der Waals surface area contributed by atoms with Gasteiger partial charge in [0.2, 0.25) is 11.9 Å². The van der Waals surface area contributed by atoms with E-state index < -0.39 is 0 Å². The maximum absolute atomic E-state index is 12.8. The largest absolute Gasteiger partial charge is 0.350 e. The lowest BCUT2D eigenvalue weighted by molar-refractivity contribution is -0.138. The number of hydrogen-bond acceptors (Lipinski definition) is 5. The van der Waals surface area contributed by atoms with Gasteiger partial charge >= 0.3 is 0 Å². The first kappa shape index (κ1) is 18.1. The summed E-state index contributed by atoms with van der Waals surface area (Å²) in [6.07, 6.45) is 6.15. The number of carbonyl (C=O) groups excluding carboxylic acids is 1. The minimum Gasteiger partial charge on any atom is -0.350 e. The molecule has 0 saturated carbocycles. The standard InChI is InChI=1S/C22H26N6O/c1-25-14-17(19-5-2-3-6-20(19)25)13-21(29)28-15-18(16-28)26-9-11-27(12-10-26)22-23-7-4-8-24-22/h2-8,14,18H,9-13,15-16H2,1H3. The molecule has 0 atom stereocenters. The van der Waals surface area contributed by atoms with Gasteiger partial charge in [0.25, 0.3) is 0 Å². The third-order valence-corrected chi connectivity index (χ3v) is 6.20. The second kappa shape index (κ2) is 7.48. The molecule has 2 fully saturated rings. The number of para-hydroxylation sites is 1. The van der Waals surface area contributed by atoms with E-state index in [9.17, 15) is 4.79 Å². The number of hydrogen-bond donors (Lipinski definition) is 0. The number of anilines is 1. The molecule has 5 rings (SSSR count). The summed E-state index contributed by atoms with van der Waals surface area (Å²) in [6.45, 7) is 5.54. The molecule has 2 aromatic heterocycles. The van der Waals surface area contributed by atoms with E-state index >= 15 is 0 Å². The van der Waals surface area contributed by atoms with Crippen LogP contribution in [0.15, 0.2) is 48.9 Å². The Balaban J connectivity index is 1.14. The van der Waals surface area contributed by atoms with Gasteiger partial charge in [-0.05, 0) is 17.7 Å². The smallest absolute Gasteiger partial charge is 0.227 e. The highest BCUT2D eigenvalue weighted by atomic mass is 16.2. The van der Waals surface area contributed by atoms with Crippen molar-refractivity contribution in [1.82, 2.24) is 24.3 Å². The van der Waals surface area contributed by atoms with Crippen LogP contribution in [0.2, 0.25) is 0 Å². The van der Waals surface area contributed by atoms with E-state index in [2.05, 4.69) is 42.7 Å². The zero-order chi connectivity index (χ0) is 19.8. The third kappa shape index (κ3) is 3.46. The Morgan fingerprint density at radius 3 is 2.52 bits per heavy atom. The topological polar surface area (TPSA) is 57.5 Å². The van der Waals surface area contributed by atoms with Crippen LogP contribution in [0.3, 0.4) is 0 Å². The van der Waals surface area contributed by atoms with Crippen LogP contribution in [0.5, 0.6) is 0 Å². The predicted octanol–water partition coefficient (Wildman–Crippen LogP) is 1.54. The van der Waals surface area contributed by atoms with Crippen LogP contribution in [-0.2, 0) is 18.3 Å². The van der Waals surface area contributed by atoms with Gasteiger partial charge in [-0.2, -0.15) is 0 Å². The summed E-state index contributed by atoms with van der Waals surface area (Å²) < 4.78 is 2.10. The first-order chi connectivity index (χ1) is 14.2. The van der Waals surface area contributed by atoms with Crippen LogP contribution in [0.25, 0.3) is 10.9 Å². The van der Waals surface area contributed by atoms with E-state index in [0.717, 1.165) is 50.8 Å². The Kier molecular flexibility index (Phi) is 4.67. The van der Waals surface area contributed by atoms with E-state index in [4.69, 9.17) is 0 Å². The summed E-state index contributed by atoms with van der Waals surface area (Å²) in [5, 5.41) is 1.18. The lowest BCUT2D eigenvalue weighted by Gasteiger charge is -2.48. The summed E-state index contributed by atoms with van der Waals surface area (Å²) in [6, 6.07) is 10.6. The zero-order valence-electron chi connectivity index (χ0n) is 16.7. The SMILES string of the molecule is Cn1cc(CC(=O)N2CC(N3CCN(c4ncccn4)CC3)C2)c2ccccc21. The molecule has 7 nitrogen and oxygen atoms in total. The Labute approximate surface area is 170 Å². The summed E-state index contributed by atoms with van der Waals surface area (Å²) in [7, 11) is 2.04. The normalized spacial score (nSPS) is 18.2. The Morgan fingerprint density at radius 1 is 1.03 bits per heavy atom. The highest BCUT2D eigenvalue weighted by Crippen LogP contribution is 2.23. The molecule has 0 bridgehead atoms. The second-order valence-corrected chi connectivity index (χ2v) is 7.98. The quantitative estimate of drug-likeness (QED) is 0.677. The summed E-state index contributed by atoms with van der Waals surface area (Å²) >= 11 is 0. The minimum absolute atomic E-state index is 0.230. The lowest BCUT2D eigenvalue weighted by Crippen LogP contribution is -2.64. The number of likely N-dealkylation sites (tertiary alicyclic amines) is 1. The second-order valence-electron chi connectivity index (χ2n) is 7.98. The molecule has 0 N–H and O–H groups in total. The zero-order valence-corrected chi connectivity index (χ0v) is 16.7. The molecule has 1 amide bonds. The lowest BCUT2D eigenvalue weighted by atomic mass is 10.0.